The van der Waals surface area contributed by atoms with E-state index < -0.39 is 5.82 Å². The third-order valence-electron chi connectivity index (χ3n) is 3.23. The van der Waals surface area contributed by atoms with Gasteiger partial charge in [-0.2, -0.15) is 0 Å². The van der Waals surface area contributed by atoms with Crippen LogP contribution in [0.15, 0.2) is 18.2 Å². The van der Waals surface area contributed by atoms with Gasteiger partial charge in [0.1, 0.15) is 11.6 Å². The van der Waals surface area contributed by atoms with Gasteiger partial charge in [0, 0.05) is 23.5 Å². The molecule has 1 aromatic rings. The summed E-state index contributed by atoms with van der Waals surface area (Å²) in [4.78, 5) is 0. The molecule has 1 fully saturated rings. The van der Waals surface area contributed by atoms with Crippen molar-refractivity contribution in [3.8, 4) is 0 Å². The minimum absolute atomic E-state index is 0.0691. The summed E-state index contributed by atoms with van der Waals surface area (Å²) >= 11 is 5.87. The maximum Gasteiger partial charge on any atom is 0.127 e. The Kier molecular flexibility index (Phi) is 3.45. The van der Waals surface area contributed by atoms with Crippen molar-refractivity contribution in [3.05, 3.63) is 35.4 Å². The Morgan fingerprint density at radius 2 is 2.06 bits per heavy atom. The van der Waals surface area contributed by atoms with Crippen LogP contribution in [0.2, 0.25) is 0 Å². The summed E-state index contributed by atoms with van der Waals surface area (Å²) in [7, 11) is 0. The summed E-state index contributed by atoms with van der Waals surface area (Å²) in [6.07, 6.45) is 3.16. The van der Waals surface area contributed by atoms with Crippen LogP contribution in [-0.4, -0.2) is 11.4 Å². The summed E-state index contributed by atoms with van der Waals surface area (Å²) in [6.45, 7) is 0.330. The maximum atomic E-state index is 13.3. The van der Waals surface area contributed by atoms with Gasteiger partial charge in [-0.25, -0.2) is 8.78 Å². The number of halogens is 3. The molecule has 1 aliphatic carbocycles. The molecule has 4 heteroatoms. The van der Waals surface area contributed by atoms with Gasteiger partial charge in [-0.3, -0.25) is 0 Å². The second-order valence-electron chi connectivity index (χ2n) is 4.36. The van der Waals surface area contributed by atoms with Crippen molar-refractivity contribution in [2.45, 2.75) is 31.3 Å². The van der Waals surface area contributed by atoms with E-state index in [1.165, 1.54) is 6.07 Å². The Morgan fingerprint density at radius 1 is 1.31 bits per heavy atom. The molecule has 0 aromatic heterocycles. The van der Waals surface area contributed by atoms with Gasteiger partial charge in [-0.05, 0) is 37.5 Å². The molecule has 0 spiro atoms. The van der Waals surface area contributed by atoms with E-state index in [1.54, 1.807) is 0 Å². The average Bonchev–Trinajstić information content (AvgIpc) is 2.22. The Morgan fingerprint density at radius 3 is 2.62 bits per heavy atom. The SMILES string of the molecule is Fc1ccc(F)c(CNC2(CCl)CCC2)c1. The van der Waals surface area contributed by atoms with Crippen molar-refractivity contribution in [2.24, 2.45) is 0 Å². The molecule has 88 valence electrons. The molecule has 0 unspecified atom stereocenters. The lowest BCUT2D eigenvalue weighted by atomic mass is 9.78. The first-order valence-corrected chi connectivity index (χ1v) is 5.94. The lowest BCUT2D eigenvalue weighted by molar-refractivity contribution is 0.210. The molecule has 1 aliphatic rings. The standard InChI is InChI=1S/C12H14ClF2N/c13-8-12(4-1-5-12)16-7-9-6-10(14)2-3-11(9)15/h2-3,6,16H,1,4-5,7-8H2. The van der Waals surface area contributed by atoms with Crippen molar-refractivity contribution in [3.63, 3.8) is 0 Å². The van der Waals surface area contributed by atoms with Crippen molar-refractivity contribution in [2.75, 3.05) is 5.88 Å². The lowest BCUT2D eigenvalue weighted by Gasteiger charge is -2.41. The van der Waals surface area contributed by atoms with Gasteiger partial charge in [-0.1, -0.05) is 0 Å². The summed E-state index contributed by atoms with van der Waals surface area (Å²) in [5.41, 5.74) is 0.289. The number of rotatable bonds is 4. The van der Waals surface area contributed by atoms with E-state index in [0.717, 1.165) is 31.4 Å². The van der Waals surface area contributed by atoms with E-state index in [-0.39, 0.29) is 11.4 Å². The molecule has 1 N–H and O–H groups in total. The fourth-order valence-corrected chi connectivity index (χ4v) is 2.28. The molecule has 1 saturated carbocycles. The monoisotopic (exact) mass is 245 g/mol. The predicted molar refractivity (Wildman–Crippen MR) is 60.5 cm³/mol. The van der Waals surface area contributed by atoms with Crippen LogP contribution in [0.4, 0.5) is 8.78 Å². The highest BCUT2D eigenvalue weighted by molar-refractivity contribution is 6.18. The van der Waals surface area contributed by atoms with E-state index in [0.29, 0.717) is 18.0 Å². The first kappa shape index (κ1) is 11.8. The molecule has 1 nitrogen and oxygen atoms in total. The minimum Gasteiger partial charge on any atom is -0.306 e. The molecule has 0 amide bonds. The molecular weight excluding hydrogens is 232 g/mol. The van der Waals surface area contributed by atoms with Crippen molar-refractivity contribution in [1.82, 2.24) is 5.32 Å². The van der Waals surface area contributed by atoms with Gasteiger partial charge in [0.25, 0.3) is 0 Å². The summed E-state index contributed by atoms with van der Waals surface area (Å²) in [5, 5.41) is 3.23. The first-order valence-electron chi connectivity index (χ1n) is 5.40. The van der Waals surface area contributed by atoms with Crippen LogP contribution >= 0.6 is 11.6 Å². The second-order valence-corrected chi connectivity index (χ2v) is 4.62. The zero-order chi connectivity index (χ0) is 11.6. The van der Waals surface area contributed by atoms with Crippen LogP contribution in [-0.2, 0) is 6.54 Å². The Labute approximate surface area is 98.8 Å². The highest BCUT2D eigenvalue weighted by atomic mass is 35.5. The van der Waals surface area contributed by atoms with E-state index in [1.807, 2.05) is 0 Å². The number of hydrogen-bond acceptors (Lipinski definition) is 1. The topological polar surface area (TPSA) is 12.0 Å². The second kappa shape index (κ2) is 4.68. The summed E-state index contributed by atoms with van der Waals surface area (Å²) in [6, 6.07) is 3.50. The highest BCUT2D eigenvalue weighted by Gasteiger charge is 2.35. The zero-order valence-corrected chi connectivity index (χ0v) is 9.66. The molecule has 0 radical (unpaired) electrons. The Balaban J connectivity index is 2.01. The molecule has 0 heterocycles. The van der Waals surface area contributed by atoms with E-state index in [2.05, 4.69) is 5.32 Å². The lowest BCUT2D eigenvalue weighted by Crippen LogP contribution is -2.52. The third kappa shape index (κ3) is 2.36. The van der Waals surface area contributed by atoms with E-state index in [9.17, 15) is 8.78 Å². The first-order chi connectivity index (χ1) is 7.65. The molecule has 2 rings (SSSR count). The average molecular weight is 246 g/mol. The minimum atomic E-state index is -0.410. The maximum absolute atomic E-state index is 13.3. The number of nitrogens with one attached hydrogen (secondary N) is 1. The van der Waals surface area contributed by atoms with E-state index >= 15 is 0 Å². The zero-order valence-electron chi connectivity index (χ0n) is 8.90. The highest BCUT2D eigenvalue weighted by Crippen LogP contribution is 2.33. The fourth-order valence-electron chi connectivity index (χ4n) is 1.92. The van der Waals surface area contributed by atoms with Crippen LogP contribution < -0.4 is 5.32 Å². The molecule has 1 aromatic carbocycles. The fraction of sp³-hybridized carbons (Fsp3) is 0.500. The van der Waals surface area contributed by atoms with Crippen molar-refractivity contribution < 1.29 is 8.78 Å². The molecule has 0 bridgehead atoms. The van der Waals surface area contributed by atoms with Gasteiger partial charge in [0.05, 0.1) is 0 Å². The van der Waals surface area contributed by atoms with Crippen molar-refractivity contribution in [1.29, 1.82) is 0 Å². The molecular formula is C12H14ClF2N. The van der Waals surface area contributed by atoms with Gasteiger partial charge < -0.3 is 5.32 Å². The molecule has 16 heavy (non-hydrogen) atoms. The molecule has 0 saturated heterocycles. The summed E-state index contributed by atoms with van der Waals surface area (Å²) in [5.74, 6) is -0.270. The normalized spacial score (nSPS) is 18.2. The van der Waals surface area contributed by atoms with Gasteiger partial charge in [-0.15, -0.1) is 11.6 Å². The smallest absolute Gasteiger partial charge is 0.127 e. The molecule has 0 atom stereocenters. The van der Waals surface area contributed by atoms with Gasteiger partial charge in [0.15, 0.2) is 0 Å². The van der Waals surface area contributed by atoms with Crippen LogP contribution in [0.1, 0.15) is 24.8 Å². The van der Waals surface area contributed by atoms with Gasteiger partial charge >= 0.3 is 0 Å². The summed E-state index contributed by atoms with van der Waals surface area (Å²) < 4.78 is 26.3. The van der Waals surface area contributed by atoms with Crippen LogP contribution in [0.25, 0.3) is 0 Å². The Hall–Kier alpha value is -0.670. The molecule has 0 aliphatic heterocycles. The number of hydrogen-bond donors (Lipinski definition) is 1. The number of alkyl halides is 1. The largest absolute Gasteiger partial charge is 0.306 e. The Bertz CT molecular complexity index is 372. The van der Waals surface area contributed by atoms with Crippen LogP contribution in [0, 0.1) is 11.6 Å². The number of benzene rings is 1. The van der Waals surface area contributed by atoms with Crippen molar-refractivity contribution >= 4 is 11.6 Å². The quantitative estimate of drug-likeness (QED) is 0.804. The van der Waals surface area contributed by atoms with E-state index in [4.69, 9.17) is 11.6 Å². The van der Waals surface area contributed by atoms with Crippen LogP contribution in [0.3, 0.4) is 0 Å². The predicted octanol–water partition coefficient (Wildman–Crippen LogP) is 3.22. The van der Waals surface area contributed by atoms with Gasteiger partial charge in [0.2, 0.25) is 0 Å². The van der Waals surface area contributed by atoms with Crippen LogP contribution in [0.5, 0.6) is 0 Å². The third-order valence-corrected chi connectivity index (χ3v) is 3.74.